The molecular formula is C51H52N4O11. The van der Waals surface area contributed by atoms with E-state index in [0.29, 0.717) is 17.1 Å². The number of phenolic OH excluding ortho intramolecular Hbond substituents is 1. The van der Waals surface area contributed by atoms with Crippen LogP contribution < -0.4 is 20.1 Å². The van der Waals surface area contributed by atoms with Crippen LogP contribution in [0.1, 0.15) is 70.8 Å². The number of ketones is 1. The van der Waals surface area contributed by atoms with Gasteiger partial charge in [0.1, 0.15) is 52.9 Å². The molecule has 0 spiro atoms. The van der Waals surface area contributed by atoms with Crippen molar-refractivity contribution in [2.45, 2.75) is 69.6 Å². The van der Waals surface area contributed by atoms with Gasteiger partial charge >= 0.3 is 12.0 Å². The molecule has 15 heteroatoms. The quantitative estimate of drug-likeness (QED) is 0.0633. The molecule has 2 aliphatic rings. The highest BCUT2D eigenvalue weighted by molar-refractivity contribution is 6.09. The number of Topliss-reactive ketones (excluding diaryl/α,β-unsaturated/α-hetero) is 1. The van der Waals surface area contributed by atoms with E-state index in [1.54, 1.807) is 50.6 Å². The Morgan fingerprint density at radius 3 is 1.98 bits per heavy atom. The molecule has 2 aliphatic heterocycles. The molecule has 1 saturated heterocycles. The van der Waals surface area contributed by atoms with Crippen LogP contribution >= 0.6 is 0 Å². The summed E-state index contributed by atoms with van der Waals surface area (Å²) in [6.45, 7) is 1.72. The van der Waals surface area contributed by atoms with E-state index in [9.17, 15) is 29.1 Å². The first-order chi connectivity index (χ1) is 31.9. The lowest BCUT2D eigenvalue weighted by atomic mass is 9.80. The predicted octanol–water partition coefficient (Wildman–Crippen LogP) is 6.63. The first kappa shape index (κ1) is 46.6. The van der Waals surface area contributed by atoms with Crippen LogP contribution in [-0.4, -0.2) is 91.2 Å². The largest absolute Gasteiger partial charge is 0.508 e. The Labute approximate surface area is 382 Å². The third kappa shape index (κ3) is 11.5. The minimum Gasteiger partial charge on any atom is -0.508 e. The third-order valence-electron chi connectivity index (χ3n) is 11.5. The van der Waals surface area contributed by atoms with E-state index < -0.39 is 41.9 Å². The van der Waals surface area contributed by atoms with E-state index in [1.165, 1.54) is 24.0 Å². The van der Waals surface area contributed by atoms with Gasteiger partial charge in [-0.1, -0.05) is 78.9 Å². The van der Waals surface area contributed by atoms with Crippen molar-refractivity contribution >= 4 is 35.4 Å². The van der Waals surface area contributed by atoms with Gasteiger partial charge in [0.2, 0.25) is 5.91 Å². The topological polar surface area (TPSA) is 191 Å². The maximum Gasteiger partial charge on any atom is 0.347 e. The molecule has 15 nitrogen and oxygen atoms in total. The number of aliphatic imine (C=N–C) groups is 1. The highest BCUT2D eigenvalue weighted by Gasteiger charge is 2.46. The molecule has 1 fully saturated rings. The van der Waals surface area contributed by atoms with Gasteiger partial charge in [0.25, 0.3) is 5.91 Å². The first-order valence-electron chi connectivity index (χ1n) is 21.6. The number of hydrogen-bond donors (Lipinski definition) is 3. The third-order valence-corrected chi connectivity index (χ3v) is 11.5. The molecule has 7 rings (SSSR count). The van der Waals surface area contributed by atoms with E-state index >= 15 is 0 Å². The van der Waals surface area contributed by atoms with Gasteiger partial charge in [-0.15, -0.1) is 0 Å². The maximum absolute atomic E-state index is 13.7. The van der Waals surface area contributed by atoms with Gasteiger partial charge in [-0.25, -0.2) is 4.79 Å². The molecular weight excluding hydrogens is 845 g/mol. The molecule has 342 valence electrons. The van der Waals surface area contributed by atoms with Crippen molar-refractivity contribution in [2.24, 2.45) is 4.99 Å². The molecule has 0 aromatic heterocycles. The Kier molecular flexibility index (Phi) is 15.2. The second kappa shape index (κ2) is 21.5. The lowest BCUT2D eigenvalue weighted by Crippen LogP contribution is -2.46. The zero-order valence-electron chi connectivity index (χ0n) is 36.9. The summed E-state index contributed by atoms with van der Waals surface area (Å²) in [6.07, 6.45) is -2.21. The summed E-state index contributed by atoms with van der Waals surface area (Å²) < 4.78 is 30.6. The van der Waals surface area contributed by atoms with Crippen molar-refractivity contribution in [1.82, 2.24) is 15.5 Å². The van der Waals surface area contributed by atoms with Crippen molar-refractivity contribution in [2.75, 3.05) is 27.4 Å². The second-order valence-electron chi connectivity index (χ2n) is 16.0. The van der Waals surface area contributed by atoms with Crippen LogP contribution in [0.3, 0.4) is 0 Å². The standard InChI is InChI=1S/C51H52N4O11/c1-33(56)9-26-48(59)66-43-30-47(55-28-27-45(54-50(55)61)53-49(60)36-14-10-35(11-15-36)31-52-46(58)29-34-12-20-40(57)21-13-34)65-44(43)32-64-51(37-7-5-4-6-8-37,38-16-22-41(62-2)23-17-38)39-18-24-42(63-3)25-19-39/h4-8,10-25,43-44,47,57H,9,26-32H2,1-3H3,(H,52,58)(H,53,54,60,61)/t43-,44-,47-/m1/s1. The lowest BCUT2D eigenvalue weighted by Gasteiger charge is -2.37. The van der Waals surface area contributed by atoms with Gasteiger partial charge in [0.05, 0.1) is 33.7 Å². The first-order valence-corrected chi connectivity index (χ1v) is 21.6. The van der Waals surface area contributed by atoms with Crippen molar-refractivity contribution in [3.05, 3.63) is 161 Å². The van der Waals surface area contributed by atoms with Crippen LogP contribution in [0.2, 0.25) is 0 Å². The molecule has 0 saturated carbocycles. The number of aromatic hydroxyl groups is 1. The number of carbonyl (C=O) groups excluding carboxylic acids is 5. The number of ether oxygens (including phenoxy) is 5. The lowest BCUT2D eigenvalue weighted by molar-refractivity contribution is -0.157. The summed E-state index contributed by atoms with van der Waals surface area (Å²) in [5, 5.41) is 15.1. The van der Waals surface area contributed by atoms with E-state index in [0.717, 1.165) is 27.8 Å². The van der Waals surface area contributed by atoms with Gasteiger partial charge in [-0.05, 0) is 83.3 Å². The molecule has 0 unspecified atom stereocenters. The minimum absolute atomic E-state index is 0.0161. The number of hydrogen-bond acceptors (Lipinski definition) is 11. The Hall–Kier alpha value is -7.36. The average Bonchev–Trinajstić information content (AvgIpc) is 3.73. The fourth-order valence-corrected chi connectivity index (χ4v) is 7.91. The SMILES string of the molecule is COc1ccc(C(OC[C@H]2O[C@@H](N3CCC(NC(=O)c4ccc(CNC(=O)Cc5ccc(O)cc5)cc4)=NC3=O)C[C@H]2OC(=O)CCC(C)=O)(c2ccccc2)c2ccc(OC)cc2)cc1. The number of rotatable bonds is 18. The highest BCUT2D eigenvalue weighted by Crippen LogP contribution is 2.43. The van der Waals surface area contributed by atoms with Gasteiger partial charge in [-0.2, -0.15) is 4.99 Å². The van der Waals surface area contributed by atoms with Crippen LogP contribution in [0.15, 0.2) is 132 Å². The molecule has 66 heavy (non-hydrogen) atoms. The Bertz CT molecular complexity index is 2470. The summed E-state index contributed by atoms with van der Waals surface area (Å²) in [5.41, 5.74) is 3.03. The number of methoxy groups -OCH3 is 2. The molecule has 0 bridgehead atoms. The normalized spacial score (nSPS) is 17.1. The number of phenols is 1. The van der Waals surface area contributed by atoms with Crippen molar-refractivity contribution < 1.29 is 52.8 Å². The maximum atomic E-state index is 13.7. The number of amides is 4. The van der Waals surface area contributed by atoms with Crippen LogP contribution in [0, 0.1) is 0 Å². The molecule has 3 atom stereocenters. The summed E-state index contributed by atoms with van der Waals surface area (Å²) in [4.78, 5) is 69.9. The summed E-state index contributed by atoms with van der Waals surface area (Å²) >= 11 is 0. The zero-order chi connectivity index (χ0) is 46.6. The van der Waals surface area contributed by atoms with Crippen LogP contribution in [0.4, 0.5) is 4.79 Å². The Morgan fingerprint density at radius 2 is 1.39 bits per heavy atom. The van der Waals surface area contributed by atoms with E-state index in [-0.39, 0.29) is 75.1 Å². The summed E-state index contributed by atoms with van der Waals surface area (Å²) in [7, 11) is 3.19. The van der Waals surface area contributed by atoms with Crippen LogP contribution in [0.25, 0.3) is 0 Å². The van der Waals surface area contributed by atoms with E-state index in [4.69, 9.17) is 23.7 Å². The van der Waals surface area contributed by atoms with Crippen LogP contribution in [-0.2, 0) is 47.2 Å². The van der Waals surface area contributed by atoms with Crippen molar-refractivity contribution in [3.8, 4) is 17.2 Å². The molecule has 5 aromatic rings. The minimum atomic E-state index is -1.21. The second-order valence-corrected chi connectivity index (χ2v) is 16.0. The zero-order valence-corrected chi connectivity index (χ0v) is 36.9. The number of carbonyl (C=O) groups is 5. The molecule has 2 heterocycles. The number of amidine groups is 1. The van der Waals surface area contributed by atoms with E-state index in [2.05, 4.69) is 15.6 Å². The molecule has 0 radical (unpaired) electrons. The number of benzene rings is 5. The number of nitrogens with one attached hydrogen (secondary N) is 2. The Morgan fingerprint density at radius 1 is 0.788 bits per heavy atom. The smallest absolute Gasteiger partial charge is 0.347 e. The Balaban J connectivity index is 1.05. The van der Waals surface area contributed by atoms with Gasteiger partial charge in [0.15, 0.2) is 0 Å². The molecule has 4 amide bonds. The highest BCUT2D eigenvalue weighted by atomic mass is 16.6. The average molecular weight is 897 g/mol. The van der Waals surface area contributed by atoms with Gasteiger partial charge < -0.3 is 44.2 Å². The summed E-state index contributed by atoms with van der Waals surface area (Å²) in [5.74, 6) is 0.237. The number of urea groups is 1. The fourth-order valence-electron chi connectivity index (χ4n) is 7.91. The summed E-state index contributed by atoms with van der Waals surface area (Å²) in [6, 6.07) is 37.3. The van der Waals surface area contributed by atoms with Crippen molar-refractivity contribution in [3.63, 3.8) is 0 Å². The predicted molar refractivity (Wildman–Crippen MR) is 243 cm³/mol. The molecule has 5 aromatic carbocycles. The monoisotopic (exact) mass is 896 g/mol. The van der Waals surface area contributed by atoms with Crippen LogP contribution in [0.5, 0.6) is 17.2 Å². The molecule has 3 N–H and O–H groups in total. The number of esters is 1. The van der Waals surface area contributed by atoms with Gasteiger partial charge in [0, 0.05) is 37.9 Å². The number of nitrogens with zero attached hydrogens (tertiary/aromatic N) is 2. The van der Waals surface area contributed by atoms with E-state index in [1.807, 2.05) is 78.9 Å². The molecule has 0 aliphatic carbocycles. The van der Waals surface area contributed by atoms with Gasteiger partial charge in [-0.3, -0.25) is 19.3 Å². The fraction of sp³-hybridized carbons (Fsp3) is 0.294. The van der Waals surface area contributed by atoms with Crippen molar-refractivity contribution in [1.29, 1.82) is 0 Å².